The lowest BCUT2D eigenvalue weighted by Crippen LogP contribution is -2.56. The molecule has 134 valence electrons. The Bertz CT molecular complexity index is 493. The van der Waals surface area contributed by atoms with Crippen molar-refractivity contribution >= 4 is 6.09 Å². The zero-order valence-corrected chi connectivity index (χ0v) is 14.8. The molecule has 0 aromatic heterocycles. The number of hydrogen-bond acceptors (Lipinski definition) is 4. The fraction of sp³-hybridized carbons (Fsp3) is 0.632. The molecule has 0 bridgehead atoms. The number of rotatable bonds is 7. The summed E-state index contributed by atoms with van der Waals surface area (Å²) in [7, 11) is 0. The minimum atomic E-state index is -0.253. The molecule has 0 spiro atoms. The monoisotopic (exact) mass is 334 g/mol. The van der Waals surface area contributed by atoms with Gasteiger partial charge in [0.15, 0.2) is 0 Å². The van der Waals surface area contributed by atoms with Crippen molar-refractivity contribution in [1.29, 1.82) is 0 Å². The second-order valence-electron chi connectivity index (χ2n) is 6.74. The predicted molar refractivity (Wildman–Crippen MR) is 94.7 cm³/mol. The third-order valence-corrected chi connectivity index (χ3v) is 4.44. The number of piperidine rings is 1. The summed E-state index contributed by atoms with van der Waals surface area (Å²) in [5.74, 6) is 0. The summed E-state index contributed by atoms with van der Waals surface area (Å²) < 4.78 is 5.53. The fourth-order valence-electron chi connectivity index (χ4n) is 3.36. The van der Waals surface area contributed by atoms with Crippen LogP contribution in [0.1, 0.15) is 45.1 Å². The SMILES string of the molecule is CC(C)N[C@H](CCO)[C@H]1CCCCN1C(=O)OCc1ccccc1. The molecule has 1 heterocycles. The van der Waals surface area contributed by atoms with Gasteiger partial charge >= 0.3 is 6.09 Å². The van der Waals surface area contributed by atoms with Crippen LogP contribution in [0.4, 0.5) is 4.79 Å². The smallest absolute Gasteiger partial charge is 0.410 e. The van der Waals surface area contributed by atoms with Crippen LogP contribution in [0.5, 0.6) is 0 Å². The van der Waals surface area contributed by atoms with Crippen LogP contribution >= 0.6 is 0 Å². The summed E-state index contributed by atoms with van der Waals surface area (Å²) in [6.45, 7) is 5.31. The summed E-state index contributed by atoms with van der Waals surface area (Å²) >= 11 is 0. The number of aliphatic hydroxyl groups is 1. The van der Waals surface area contributed by atoms with Crippen molar-refractivity contribution in [3.63, 3.8) is 0 Å². The molecule has 0 saturated carbocycles. The Kier molecular flexibility index (Phi) is 7.53. The summed E-state index contributed by atoms with van der Waals surface area (Å²) in [5, 5.41) is 12.9. The molecule has 1 fully saturated rings. The van der Waals surface area contributed by atoms with Crippen LogP contribution in [-0.2, 0) is 11.3 Å². The largest absolute Gasteiger partial charge is 0.445 e. The molecule has 1 amide bonds. The first-order valence-electron chi connectivity index (χ1n) is 8.96. The maximum Gasteiger partial charge on any atom is 0.410 e. The number of carbonyl (C=O) groups excluding carboxylic acids is 1. The van der Waals surface area contributed by atoms with Crippen molar-refractivity contribution in [3.05, 3.63) is 35.9 Å². The van der Waals surface area contributed by atoms with Gasteiger partial charge < -0.3 is 20.1 Å². The number of benzene rings is 1. The lowest BCUT2D eigenvalue weighted by Gasteiger charge is -2.40. The molecule has 5 heteroatoms. The van der Waals surface area contributed by atoms with Crippen molar-refractivity contribution in [2.24, 2.45) is 0 Å². The molecule has 0 radical (unpaired) electrons. The maximum absolute atomic E-state index is 12.6. The van der Waals surface area contributed by atoms with Gasteiger partial charge in [0.05, 0.1) is 6.04 Å². The van der Waals surface area contributed by atoms with Crippen LogP contribution in [0.15, 0.2) is 30.3 Å². The molecular formula is C19H30N2O3. The Morgan fingerprint density at radius 3 is 2.75 bits per heavy atom. The van der Waals surface area contributed by atoms with Crippen LogP contribution in [0.3, 0.4) is 0 Å². The average molecular weight is 334 g/mol. The second kappa shape index (κ2) is 9.64. The highest BCUT2D eigenvalue weighted by atomic mass is 16.6. The first kappa shape index (κ1) is 18.7. The van der Waals surface area contributed by atoms with Gasteiger partial charge in [-0.2, -0.15) is 0 Å². The van der Waals surface area contributed by atoms with Gasteiger partial charge in [0.2, 0.25) is 0 Å². The van der Waals surface area contributed by atoms with Crippen molar-refractivity contribution in [3.8, 4) is 0 Å². The van der Waals surface area contributed by atoms with E-state index in [2.05, 4.69) is 19.2 Å². The fourth-order valence-corrected chi connectivity index (χ4v) is 3.36. The molecular weight excluding hydrogens is 304 g/mol. The molecule has 0 unspecified atom stereocenters. The van der Waals surface area contributed by atoms with Gasteiger partial charge in [-0.3, -0.25) is 0 Å². The lowest BCUT2D eigenvalue weighted by molar-refractivity contribution is 0.0527. The Morgan fingerprint density at radius 1 is 1.33 bits per heavy atom. The topological polar surface area (TPSA) is 61.8 Å². The molecule has 5 nitrogen and oxygen atoms in total. The van der Waals surface area contributed by atoms with Crippen LogP contribution in [0.2, 0.25) is 0 Å². The minimum Gasteiger partial charge on any atom is -0.445 e. The van der Waals surface area contributed by atoms with Crippen LogP contribution < -0.4 is 5.32 Å². The first-order chi connectivity index (χ1) is 11.6. The lowest BCUT2D eigenvalue weighted by atomic mass is 9.93. The van der Waals surface area contributed by atoms with E-state index in [0.29, 0.717) is 19.1 Å². The first-order valence-corrected chi connectivity index (χ1v) is 8.96. The number of carbonyl (C=O) groups is 1. The van der Waals surface area contributed by atoms with Crippen LogP contribution in [0, 0.1) is 0 Å². The van der Waals surface area contributed by atoms with E-state index in [4.69, 9.17) is 4.74 Å². The van der Waals surface area contributed by atoms with Gasteiger partial charge in [-0.15, -0.1) is 0 Å². The molecule has 1 aromatic carbocycles. The van der Waals surface area contributed by atoms with E-state index in [0.717, 1.165) is 31.4 Å². The number of likely N-dealkylation sites (tertiary alicyclic amines) is 1. The standard InChI is InChI=1S/C19H30N2O3/c1-15(2)20-17(11-13-22)18-10-6-7-12-21(18)19(23)24-14-16-8-4-3-5-9-16/h3-5,8-9,15,17-18,20,22H,6-7,10-14H2,1-2H3/t17-,18-/m1/s1. The average Bonchev–Trinajstić information content (AvgIpc) is 2.60. The number of amides is 1. The Labute approximate surface area is 145 Å². The number of aliphatic hydroxyl groups excluding tert-OH is 1. The van der Waals surface area contributed by atoms with E-state index in [9.17, 15) is 9.90 Å². The number of nitrogens with zero attached hydrogens (tertiary/aromatic N) is 1. The third kappa shape index (κ3) is 5.49. The van der Waals surface area contributed by atoms with Crippen molar-refractivity contribution in [2.45, 2.75) is 64.3 Å². The minimum absolute atomic E-state index is 0.0802. The highest BCUT2D eigenvalue weighted by Crippen LogP contribution is 2.23. The molecule has 2 N–H and O–H groups in total. The maximum atomic E-state index is 12.6. The van der Waals surface area contributed by atoms with E-state index in [1.807, 2.05) is 35.2 Å². The van der Waals surface area contributed by atoms with Gasteiger partial charge in [-0.25, -0.2) is 4.79 Å². The zero-order chi connectivity index (χ0) is 17.4. The predicted octanol–water partition coefficient (Wildman–Crippen LogP) is 2.93. The van der Waals surface area contributed by atoms with E-state index in [-0.39, 0.29) is 24.8 Å². The molecule has 1 aromatic rings. The Morgan fingerprint density at radius 2 is 2.08 bits per heavy atom. The van der Waals surface area contributed by atoms with Crippen LogP contribution in [0.25, 0.3) is 0 Å². The Hall–Kier alpha value is -1.59. The van der Waals surface area contributed by atoms with Crippen molar-refractivity contribution in [1.82, 2.24) is 10.2 Å². The van der Waals surface area contributed by atoms with Gasteiger partial charge in [0.25, 0.3) is 0 Å². The van der Waals surface area contributed by atoms with Gasteiger partial charge in [-0.05, 0) is 31.2 Å². The van der Waals surface area contributed by atoms with Crippen LogP contribution in [-0.4, -0.2) is 47.4 Å². The molecule has 1 aliphatic rings. The third-order valence-electron chi connectivity index (χ3n) is 4.44. The molecule has 2 atom stereocenters. The highest BCUT2D eigenvalue weighted by Gasteiger charge is 2.33. The number of hydrogen-bond donors (Lipinski definition) is 2. The highest BCUT2D eigenvalue weighted by molar-refractivity contribution is 5.68. The summed E-state index contributed by atoms with van der Waals surface area (Å²) in [4.78, 5) is 14.4. The van der Waals surface area contributed by atoms with E-state index in [1.54, 1.807) is 0 Å². The molecule has 1 aliphatic heterocycles. The van der Waals surface area contributed by atoms with Gasteiger partial charge in [-0.1, -0.05) is 44.2 Å². The Balaban J connectivity index is 1.99. The summed E-state index contributed by atoms with van der Waals surface area (Å²) in [6, 6.07) is 10.2. The quantitative estimate of drug-likeness (QED) is 0.805. The molecule has 0 aliphatic carbocycles. The summed E-state index contributed by atoms with van der Waals surface area (Å²) in [6.07, 6.45) is 3.45. The van der Waals surface area contributed by atoms with E-state index >= 15 is 0 Å². The number of nitrogens with one attached hydrogen (secondary N) is 1. The normalized spacial score (nSPS) is 19.3. The van der Waals surface area contributed by atoms with E-state index < -0.39 is 0 Å². The molecule has 2 rings (SSSR count). The summed E-state index contributed by atoms with van der Waals surface area (Å²) in [5.41, 5.74) is 0.992. The zero-order valence-electron chi connectivity index (χ0n) is 14.8. The number of ether oxygens (including phenoxy) is 1. The molecule has 24 heavy (non-hydrogen) atoms. The van der Waals surface area contributed by atoms with Crippen molar-refractivity contribution in [2.75, 3.05) is 13.2 Å². The van der Waals surface area contributed by atoms with Gasteiger partial charge in [0, 0.05) is 25.2 Å². The van der Waals surface area contributed by atoms with Crippen molar-refractivity contribution < 1.29 is 14.6 Å². The van der Waals surface area contributed by atoms with Gasteiger partial charge in [0.1, 0.15) is 6.61 Å². The van der Waals surface area contributed by atoms with E-state index in [1.165, 1.54) is 0 Å². The molecule has 1 saturated heterocycles. The second-order valence-corrected chi connectivity index (χ2v) is 6.74.